The third kappa shape index (κ3) is 2.15. The summed E-state index contributed by atoms with van der Waals surface area (Å²) in [4.78, 5) is 2.74. The highest BCUT2D eigenvalue weighted by molar-refractivity contribution is 4.96. The molecular weight excluding hydrogens is 208 g/mol. The zero-order valence-electron chi connectivity index (χ0n) is 11.4. The Morgan fingerprint density at radius 2 is 2.00 bits per heavy atom. The first-order valence-electron chi connectivity index (χ1n) is 7.64. The molecular formula is C15H28N2. The molecule has 1 saturated heterocycles. The van der Waals surface area contributed by atoms with Gasteiger partial charge in [0.2, 0.25) is 0 Å². The van der Waals surface area contributed by atoms with E-state index in [1.165, 1.54) is 45.2 Å². The number of nitrogens with two attached hydrogens (primary N) is 1. The Balaban J connectivity index is 1.61. The van der Waals surface area contributed by atoms with Gasteiger partial charge in [0.15, 0.2) is 0 Å². The summed E-state index contributed by atoms with van der Waals surface area (Å²) < 4.78 is 0. The molecule has 0 radical (unpaired) electrons. The van der Waals surface area contributed by atoms with Crippen molar-refractivity contribution in [3.63, 3.8) is 0 Å². The summed E-state index contributed by atoms with van der Waals surface area (Å²) in [5.41, 5.74) is 6.13. The topological polar surface area (TPSA) is 29.3 Å². The van der Waals surface area contributed by atoms with E-state index in [0.29, 0.717) is 12.0 Å². The minimum Gasteiger partial charge on any atom is -0.327 e. The number of rotatable bonds is 2. The van der Waals surface area contributed by atoms with Crippen molar-refractivity contribution in [2.75, 3.05) is 13.1 Å². The van der Waals surface area contributed by atoms with Crippen LogP contribution in [0.2, 0.25) is 0 Å². The van der Waals surface area contributed by atoms with Gasteiger partial charge in [-0.2, -0.15) is 0 Å². The molecule has 0 spiro atoms. The van der Waals surface area contributed by atoms with Crippen LogP contribution in [0.5, 0.6) is 0 Å². The predicted molar refractivity (Wildman–Crippen MR) is 71.7 cm³/mol. The first-order chi connectivity index (χ1) is 8.15. The van der Waals surface area contributed by atoms with E-state index in [9.17, 15) is 0 Å². The third-order valence-corrected chi connectivity index (χ3v) is 5.99. The van der Waals surface area contributed by atoms with Crippen molar-refractivity contribution in [1.82, 2.24) is 4.90 Å². The molecule has 17 heavy (non-hydrogen) atoms. The summed E-state index contributed by atoms with van der Waals surface area (Å²) in [6, 6.07) is 1.25. The molecule has 0 amide bonds. The molecule has 98 valence electrons. The van der Waals surface area contributed by atoms with E-state index < -0.39 is 0 Å². The van der Waals surface area contributed by atoms with Gasteiger partial charge in [-0.15, -0.1) is 0 Å². The number of piperidine rings is 1. The number of hydrogen-bond acceptors (Lipinski definition) is 2. The molecule has 1 aliphatic heterocycles. The van der Waals surface area contributed by atoms with Crippen molar-refractivity contribution in [1.29, 1.82) is 0 Å². The maximum Gasteiger partial charge on any atom is 0.00980 e. The number of likely N-dealkylation sites (tertiary alicyclic amines) is 1. The molecule has 0 aromatic carbocycles. The fraction of sp³-hybridized carbons (Fsp3) is 1.00. The summed E-state index contributed by atoms with van der Waals surface area (Å²) in [6.45, 7) is 7.27. The van der Waals surface area contributed by atoms with Crippen molar-refractivity contribution in [2.45, 2.75) is 58.0 Å². The number of nitrogens with zero attached hydrogens (tertiary/aromatic N) is 1. The molecule has 2 nitrogen and oxygen atoms in total. The minimum absolute atomic E-state index is 0.443. The molecule has 0 aromatic heterocycles. The van der Waals surface area contributed by atoms with Crippen molar-refractivity contribution in [3.8, 4) is 0 Å². The zero-order chi connectivity index (χ0) is 12.0. The molecule has 0 aromatic rings. The Labute approximate surface area is 106 Å². The first kappa shape index (κ1) is 12.0. The van der Waals surface area contributed by atoms with Crippen molar-refractivity contribution >= 4 is 0 Å². The van der Waals surface area contributed by atoms with Crippen LogP contribution in [0, 0.1) is 23.7 Å². The fourth-order valence-electron chi connectivity index (χ4n) is 4.72. The molecule has 6 atom stereocenters. The average molecular weight is 236 g/mol. The van der Waals surface area contributed by atoms with Gasteiger partial charge in [0.05, 0.1) is 0 Å². The van der Waals surface area contributed by atoms with Crippen LogP contribution in [0.15, 0.2) is 0 Å². The van der Waals surface area contributed by atoms with E-state index in [2.05, 4.69) is 18.7 Å². The molecule has 2 heteroatoms. The standard InChI is InChI=1S/C15H28N2/c1-10-9-17(6-5-15(10)16)11(2)14-8-12-3-4-13(14)7-12/h10-15H,3-9,16H2,1-2H3. The molecule has 6 unspecified atom stereocenters. The average Bonchev–Trinajstić information content (AvgIpc) is 2.93. The maximum atomic E-state index is 6.13. The van der Waals surface area contributed by atoms with Gasteiger partial charge in [0.25, 0.3) is 0 Å². The van der Waals surface area contributed by atoms with E-state index in [1.807, 2.05) is 0 Å². The van der Waals surface area contributed by atoms with Crippen LogP contribution in [0.1, 0.15) is 46.0 Å². The van der Waals surface area contributed by atoms with E-state index in [0.717, 1.165) is 23.8 Å². The molecule has 2 N–H and O–H groups in total. The van der Waals surface area contributed by atoms with Gasteiger partial charge in [-0.05, 0) is 62.8 Å². The van der Waals surface area contributed by atoms with Crippen LogP contribution in [-0.4, -0.2) is 30.1 Å². The van der Waals surface area contributed by atoms with E-state index in [4.69, 9.17) is 5.73 Å². The SMILES string of the molecule is CC1CN(C(C)C2CC3CCC2C3)CCC1N. The summed E-state index contributed by atoms with van der Waals surface area (Å²) in [7, 11) is 0. The molecule has 2 saturated carbocycles. The summed E-state index contributed by atoms with van der Waals surface area (Å²) in [5.74, 6) is 3.82. The second kappa shape index (κ2) is 4.55. The largest absolute Gasteiger partial charge is 0.327 e. The van der Waals surface area contributed by atoms with Gasteiger partial charge in [0, 0.05) is 18.6 Å². The van der Waals surface area contributed by atoms with Crippen LogP contribution >= 0.6 is 0 Å². The molecule has 3 rings (SSSR count). The molecule has 1 heterocycles. The van der Waals surface area contributed by atoms with Crippen LogP contribution in [-0.2, 0) is 0 Å². The zero-order valence-corrected chi connectivity index (χ0v) is 11.4. The number of hydrogen-bond donors (Lipinski definition) is 1. The lowest BCUT2D eigenvalue weighted by Gasteiger charge is -2.42. The molecule has 3 fully saturated rings. The van der Waals surface area contributed by atoms with Gasteiger partial charge in [0.1, 0.15) is 0 Å². The monoisotopic (exact) mass is 236 g/mol. The predicted octanol–water partition coefficient (Wildman–Crippen LogP) is 2.48. The van der Waals surface area contributed by atoms with Crippen LogP contribution in [0.25, 0.3) is 0 Å². The Kier molecular flexibility index (Phi) is 3.20. The molecule has 2 bridgehead atoms. The second-order valence-electron chi connectivity index (χ2n) is 7.00. The van der Waals surface area contributed by atoms with Gasteiger partial charge < -0.3 is 5.73 Å². The first-order valence-corrected chi connectivity index (χ1v) is 7.64. The van der Waals surface area contributed by atoms with Crippen molar-refractivity contribution < 1.29 is 0 Å². The Morgan fingerprint density at radius 1 is 1.18 bits per heavy atom. The highest BCUT2D eigenvalue weighted by Crippen LogP contribution is 2.50. The van der Waals surface area contributed by atoms with E-state index >= 15 is 0 Å². The summed E-state index contributed by atoms with van der Waals surface area (Å²) in [5, 5.41) is 0. The van der Waals surface area contributed by atoms with Gasteiger partial charge >= 0.3 is 0 Å². The van der Waals surface area contributed by atoms with Gasteiger partial charge in [-0.25, -0.2) is 0 Å². The van der Waals surface area contributed by atoms with Crippen molar-refractivity contribution in [2.24, 2.45) is 29.4 Å². The lowest BCUT2D eigenvalue weighted by atomic mass is 9.82. The lowest BCUT2D eigenvalue weighted by Crippen LogP contribution is -2.51. The third-order valence-electron chi connectivity index (χ3n) is 5.99. The van der Waals surface area contributed by atoms with E-state index in [1.54, 1.807) is 0 Å². The highest BCUT2D eigenvalue weighted by Gasteiger charge is 2.43. The van der Waals surface area contributed by atoms with Crippen LogP contribution in [0.3, 0.4) is 0 Å². The number of fused-ring (bicyclic) bond motifs is 2. The molecule has 2 aliphatic carbocycles. The van der Waals surface area contributed by atoms with E-state index in [-0.39, 0.29) is 0 Å². The van der Waals surface area contributed by atoms with Crippen LogP contribution in [0.4, 0.5) is 0 Å². The lowest BCUT2D eigenvalue weighted by molar-refractivity contribution is 0.0715. The molecule has 3 aliphatic rings. The summed E-state index contributed by atoms with van der Waals surface area (Å²) in [6.07, 6.45) is 7.30. The van der Waals surface area contributed by atoms with Crippen LogP contribution < -0.4 is 5.73 Å². The highest BCUT2D eigenvalue weighted by atomic mass is 15.2. The van der Waals surface area contributed by atoms with Gasteiger partial charge in [-0.1, -0.05) is 13.3 Å². The normalized spacial score (nSPS) is 48.5. The smallest absolute Gasteiger partial charge is 0.00980 e. The Bertz CT molecular complexity index is 278. The van der Waals surface area contributed by atoms with Gasteiger partial charge in [-0.3, -0.25) is 4.90 Å². The minimum atomic E-state index is 0.443. The quantitative estimate of drug-likeness (QED) is 0.798. The second-order valence-corrected chi connectivity index (χ2v) is 7.00. The Morgan fingerprint density at radius 3 is 2.59 bits per heavy atom. The maximum absolute atomic E-state index is 6.13. The summed E-state index contributed by atoms with van der Waals surface area (Å²) >= 11 is 0. The van der Waals surface area contributed by atoms with Crippen molar-refractivity contribution in [3.05, 3.63) is 0 Å². The Hall–Kier alpha value is -0.0800. The fourth-order valence-corrected chi connectivity index (χ4v) is 4.72.